The Bertz CT molecular complexity index is 978. The fourth-order valence-electron chi connectivity index (χ4n) is 3.22. The van der Waals surface area contributed by atoms with Crippen molar-refractivity contribution >= 4 is 11.6 Å². The number of H-pyrrole nitrogens is 1. The second-order valence-corrected chi connectivity index (χ2v) is 6.71. The van der Waals surface area contributed by atoms with Crippen molar-refractivity contribution < 1.29 is 9.15 Å². The molecule has 1 aliphatic heterocycles. The molecule has 134 valence electrons. The molecule has 1 aromatic carbocycles. The minimum Gasteiger partial charge on any atom is -0.490 e. The Morgan fingerprint density at radius 3 is 2.88 bits per heavy atom. The Labute approximate surface area is 155 Å². The Morgan fingerprint density at radius 2 is 2.15 bits per heavy atom. The zero-order chi connectivity index (χ0) is 18.1. The molecule has 4 rings (SSSR count). The number of hydrogen-bond donors (Lipinski definition) is 1. The lowest BCUT2D eigenvalue weighted by Crippen LogP contribution is -2.30. The molecule has 0 fully saturated rings. The zero-order valence-electron chi connectivity index (χ0n) is 14.3. The van der Waals surface area contributed by atoms with Gasteiger partial charge in [0.2, 0.25) is 11.2 Å². The van der Waals surface area contributed by atoms with Gasteiger partial charge in [0.25, 0.3) is 0 Å². The molecule has 3 heterocycles. The number of aromatic nitrogens is 2. The van der Waals surface area contributed by atoms with Gasteiger partial charge in [-0.2, -0.15) is 5.10 Å². The van der Waals surface area contributed by atoms with E-state index in [-0.39, 0.29) is 11.2 Å². The summed E-state index contributed by atoms with van der Waals surface area (Å²) in [5.41, 5.74) is 4.13. The van der Waals surface area contributed by atoms with Crippen molar-refractivity contribution in [1.29, 1.82) is 0 Å². The van der Waals surface area contributed by atoms with Crippen LogP contribution in [0.4, 0.5) is 0 Å². The number of nitrogens with zero attached hydrogens (tertiary/aromatic N) is 2. The molecule has 0 unspecified atom stereocenters. The number of halogens is 1. The van der Waals surface area contributed by atoms with E-state index < -0.39 is 0 Å². The van der Waals surface area contributed by atoms with Crippen molar-refractivity contribution in [3.05, 3.63) is 68.9 Å². The molecule has 0 bridgehead atoms. The van der Waals surface area contributed by atoms with Gasteiger partial charge < -0.3 is 9.15 Å². The summed E-state index contributed by atoms with van der Waals surface area (Å²) in [4.78, 5) is 14.1. The van der Waals surface area contributed by atoms with E-state index >= 15 is 0 Å². The lowest BCUT2D eigenvalue weighted by molar-refractivity contribution is 0.221. The van der Waals surface area contributed by atoms with Crippen LogP contribution in [0.3, 0.4) is 0 Å². The molecular weight excluding hydrogens is 354 g/mol. The topological polar surface area (TPSA) is 71.4 Å². The average Bonchev–Trinajstić information content (AvgIpc) is 3.06. The van der Waals surface area contributed by atoms with Gasteiger partial charge in [-0.05, 0) is 12.1 Å². The van der Waals surface area contributed by atoms with Crippen LogP contribution in [0.15, 0.2) is 45.8 Å². The number of benzene rings is 1. The highest BCUT2D eigenvalue weighted by molar-refractivity contribution is 6.30. The largest absolute Gasteiger partial charge is 0.490 e. The normalized spacial score (nSPS) is 14.2. The number of methoxy groups -OCH3 is 1. The van der Waals surface area contributed by atoms with Crippen LogP contribution in [0.25, 0.3) is 11.3 Å². The molecule has 26 heavy (non-hydrogen) atoms. The number of fused-ring (bicyclic) bond motifs is 1. The minimum absolute atomic E-state index is 0.170. The Balaban J connectivity index is 1.56. The predicted octanol–water partition coefficient (Wildman–Crippen LogP) is 3.25. The van der Waals surface area contributed by atoms with E-state index in [0.29, 0.717) is 17.3 Å². The van der Waals surface area contributed by atoms with Crippen LogP contribution in [0.1, 0.15) is 17.0 Å². The zero-order valence-corrected chi connectivity index (χ0v) is 15.0. The van der Waals surface area contributed by atoms with Crippen LogP contribution in [0.2, 0.25) is 5.02 Å². The Kier molecular flexibility index (Phi) is 4.53. The summed E-state index contributed by atoms with van der Waals surface area (Å²) in [6, 6.07) is 9.17. The number of rotatable bonds is 4. The monoisotopic (exact) mass is 371 g/mol. The Morgan fingerprint density at radius 1 is 1.35 bits per heavy atom. The quantitative estimate of drug-likeness (QED) is 0.762. The number of aromatic amines is 1. The third kappa shape index (κ3) is 3.25. The van der Waals surface area contributed by atoms with Gasteiger partial charge in [-0.25, -0.2) is 0 Å². The average molecular weight is 372 g/mol. The maximum Gasteiger partial charge on any atom is 0.227 e. The molecule has 0 spiro atoms. The molecule has 3 aromatic rings. The Hall–Kier alpha value is -2.57. The van der Waals surface area contributed by atoms with Gasteiger partial charge in [0.15, 0.2) is 0 Å². The third-order valence-corrected chi connectivity index (χ3v) is 4.83. The number of ether oxygens (including phenoxy) is 1. The van der Waals surface area contributed by atoms with E-state index in [9.17, 15) is 4.79 Å². The highest BCUT2D eigenvalue weighted by Gasteiger charge is 2.23. The first-order chi connectivity index (χ1) is 12.6. The first-order valence-electron chi connectivity index (χ1n) is 8.34. The summed E-state index contributed by atoms with van der Waals surface area (Å²) in [6.45, 7) is 2.16. The van der Waals surface area contributed by atoms with E-state index in [2.05, 4.69) is 15.1 Å². The van der Waals surface area contributed by atoms with Crippen LogP contribution in [-0.2, 0) is 19.5 Å². The predicted molar refractivity (Wildman–Crippen MR) is 98.4 cm³/mol. The van der Waals surface area contributed by atoms with Gasteiger partial charge in [-0.1, -0.05) is 23.7 Å². The second kappa shape index (κ2) is 6.97. The molecule has 0 saturated heterocycles. The van der Waals surface area contributed by atoms with Crippen molar-refractivity contribution in [1.82, 2.24) is 15.1 Å². The molecule has 0 amide bonds. The molecule has 6 nitrogen and oxygen atoms in total. The number of hydrogen-bond acceptors (Lipinski definition) is 5. The van der Waals surface area contributed by atoms with Crippen LogP contribution in [0.5, 0.6) is 5.75 Å². The van der Waals surface area contributed by atoms with E-state index in [0.717, 1.165) is 36.5 Å². The molecular formula is C19H18ClN3O3. The first-order valence-corrected chi connectivity index (χ1v) is 8.72. The molecule has 0 saturated carbocycles. The van der Waals surface area contributed by atoms with Crippen LogP contribution in [-0.4, -0.2) is 28.8 Å². The van der Waals surface area contributed by atoms with Crippen LogP contribution >= 0.6 is 11.6 Å². The fourth-order valence-corrected chi connectivity index (χ4v) is 3.35. The van der Waals surface area contributed by atoms with Crippen molar-refractivity contribution in [2.45, 2.75) is 19.5 Å². The van der Waals surface area contributed by atoms with E-state index in [4.69, 9.17) is 20.8 Å². The van der Waals surface area contributed by atoms with Crippen molar-refractivity contribution in [3.63, 3.8) is 0 Å². The second-order valence-electron chi connectivity index (χ2n) is 6.28. The summed E-state index contributed by atoms with van der Waals surface area (Å²) < 4.78 is 10.5. The van der Waals surface area contributed by atoms with Gasteiger partial charge >= 0.3 is 0 Å². The number of nitrogens with one attached hydrogen (secondary N) is 1. The van der Waals surface area contributed by atoms with E-state index in [1.807, 2.05) is 24.3 Å². The summed E-state index contributed by atoms with van der Waals surface area (Å²) in [5, 5.41) is 8.34. The highest BCUT2D eigenvalue weighted by Crippen LogP contribution is 2.29. The standard InChI is InChI=1S/C19H18ClN3O3/c1-25-18-11-26-14(8-17(18)24)9-23-7-6-16-15(10-23)19(22-21-16)12-2-4-13(20)5-3-12/h2-5,8,11H,6-7,9-10H2,1H3,(H,21,22). The van der Waals surface area contributed by atoms with Gasteiger partial charge in [-0.3, -0.25) is 14.8 Å². The third-order valence-electron chi connectivity index (χ3n) is 4.58. The fraction of sp³-hybridized carbons (Fsp3) is 0.263. The van der Waals surface area contributed by atoms with E-state index in [1.54, 1.807) is 0 Å². The summed E-state index contributed by atoms with van der Waals surface area (Å²) >= 11 is 5.98. The van der Waals surface area contributed by atoms with Crippen molar-refractivity contribution in [2.75, 3.05) is 13.7 Å². The lowest BCUT2D eigenvalue weighted by Gasteiger charge is -2.26. The summed E-state index contributed by atoms with van der Waals surface area (Å²) in [7, 11) is 1.45. The molecule has 1 aliphatic rings. The highest BCUT2D eigenvalue weighted by atomic mass is 35.5. The van der Waals surface area contributed by atoms with Crippen LogP contribution in [0, 0.1) is 0 Å². The maximum absolute atomic E-state index is 11.9. The van der Waals surface area contributed by atoms with Gasteiger partial charge in [0.1, 0.15) is 12.0 Å². The van der Waals surface area contributed by atoms with E-state index in [1.165, 1.54) is 25.0 Å². The molecule has 2 aromatic heterocycles. The molecule has 0 atom stereocenters. The molecule has 1 N–H and O–H groups in total. The SMILES string of the molecule is COc1coc(CN2CCc3[nH]nc(-c4ccc(Cl)cc4)c3C2)cc1=O. The smallest absolute Gasteiger partial charge is 0.227 e. The molecule has 7 heteroatoms. The van der Waals surface area contributed by atoms with Gasteiger partial charge in [-0.15, -0.1) is 0 Å². The van der Waals surface area contributed by atoms with Gasteiger partial charge in [0.05, 0.1) is 19.3 Å². The van der Waals surface area contributed by atoms with Crippen molar-refractivity contribution in [3.8, 4) is 17.0 Å². The summed E-state index contributed by atoms with van der Waals surface area (Å²) in [6.07, 6.45) is 2.24. The summed E-state index contributed by atoms with van der Waals surface area (Å²) in [5.74, 6) is 0.838. The van der Waals surface area contributed by atoms with Crippen LogP contribution < -0.4 is 10.2 Å². The molecule has 0 aliphatic carbocycles. The molecule has 0 radical (unpaired) electrons. The van der Waals surface area contributed by atoms with Gasteiger partial charge in [0, 0.05) is 47.4 Å². The maximum atomic E-state index is 11.9. The minimum atomic E-state index is -0.170. The first kappa shape index (κ1) is 16.9. The van der Waals surface area contributed by atoms with Crippen molar-refractivity contribution in [2.24, 2.45) is 0 Å². The lowest BCUT2D eigenvalue weighted by atomic mass is 10.0.